The number of rotatable bonds is 2. The molecule has 0 bridgehead atoms. The van der Waals surface area contributed by atoms with Crippen LogP contribution in [0.4, 0.5) is 0 Å². The second-order valence-electron chi connectivity index (χ2n) is 2.36. The van der Waals surface area contributed by atoms with E-state index in [1.807, 2.05) is 24.3 Å². The van der Waals surface area contributed by atoms with Gasteiger partial charge in [0.1, 0.15) is 0 Å². The average Bonchev–Trinajstić information content (AvgIpc) is 1.91. The zero-order chi connectivity index (χ0) is 9.19. The monoisotopic (exact) mass is 524 g/mol. The van der Waals surface area contributed by atoms with E-state index in [0.29, 0.717) is 0 Å². The Kier molecular flexibility index (Phi) is 4.48. The summed E-state index contributed by atoms with van der Waals surface area (Å²) in [5.41, 5.74) is 1.24. The van der Waals surface area contributed by atoms with E-state index in [1.165, 1.54) is 5.56 Å². The van der Waals surface area contributed by atoms with Crippen LogP contribution in [0, 0.1) is 6.92 Å². The van der Waals surface area contributed by atoms with Crippen molar-refractivity contribution in [1.82, 2.24) is 0 Å². The van der Waals surface area contributed by atoms with Crippen molar-refractivity contribution in [3.63, 3.8) is 0 Å². The molecule has 0 N–H and O–H groups in total. The number of hydrogen-bond donors (Lipinski definition) is 0. The van der Waals surface area contributed by atoms with Gasteiger partial charge in [-0.1, -0.05) is 0 Å². The Labute approximate surface area is 94.3 Å². The molecule has 66 valence electrons. The fourth-order valence-corrected chi connectivity index (χ4v) is 6.78. The van der Waals surface area contributed by atoms with Crippen LogP contribution in [-0.4, -0.2) is 0 Å². The Morgan fingerprint density at radius 3 is 2.00 bits per heavy atom. The molecule has 0 aliphatic carbocycles. The van der Waals surface area contributed by atoms with Crippen molar-refractivity contribution in [1.29, 1.82) is 0 Å². The molecule has 0 heterocycles. The summed E-state index contributed by atoms with van der Waals surface area (Å²) in [6.45, 7) is 2.05. The Morgan fingerprint density at radius 1 is 1.08 bits per heavy atom. The SMILES string of the molecule is Cc1ccc([O][Hf]([Br])([Br])[Br])cc1. The molecule has 5 heteroatoms. The Bertz CT molecular complexity index is 254. The molecule has 0 spiro atoms. The second kappa shape index (κ2) is 4.71. The van der Waals surface area contributed by atoms with E-state index in [2.05, 4.69) is 43.8 Å². The molecule has 0 saturated carbocycles. The summed E-state index contributed by atoms with van der Waals surface area (Å²) in [6, 6.07) is 7.99. The first kappa shape index (κ1) is 11.4. The zero-order valence-electron chi connectivity index (χ0n) is 6.35. The fourth-order valence-electron chi connectivity index (χ4n) is 0.740. The molecule has 0 unspecified atom stereocenters. The van der Waals surface area contributed by atoms with E-state index in [1.54, 1.807) is 0 Å². The van der Waals surface area contributed by atoms with E-state index in [0.717, 1.165) is 5.75 Å². The molecule has 1 aromatic carbocycles. The van der Waals surface area contributed by atoms with Gasteiger partial charge in [0.05, 0.1) is 0 Å². The molecule has 1 aromatic rings. The van der Waals surface area contributed by atoms with Crippen LogP contribution in [0.1, 0.15) is 5.56 Å². The Balaban J connectivity index is 2.71. The van der Waals surface area contributed by atoms with Gasteiger partial charge in [0.25, 0.3) is 0 Å². The molecule has 0 atom stereocenters. The van der Waals surface area contributed by atoms with Gasteiger partial charge < -0.3 is 0 Å². The van der Waals surface area contributed by atoms with Gasteiger partial charge in [0, 0.05) is 0 Å². The van der Waals surface area contributed by atoms with E-state index in [-0.39, 0.29) is 0 Å². The first-order valence-corrected chi connectivity index (χ1v) is 28.3. The van der Waals surface area contributed by atoms with Crippen LogP contribution in [0.2, 0.25) is 0 Å². The van der Waals surface area contributed by atoms with Crippen molar-refractivity contribution >= 4 is 36.9 Å². The fraction of sp³-hybridized carbons (Fsp3) is 0.143. The van der Waals surface area contributed by atoms with Gasteiger partial charge in [-0.05, 0) is 0 Å². The average molecular weight is 525 g/mol. The van der Waals surface area contributed by atoms with Gasteiger partial charge in [-0.15, -0.1) is 0 Å². The van der Waals surface area contributed by atoms with Gasteiger partial charge in [-0.25, -0.2) is 0 Å². The predicted octanol–water partition coefficient (Wildman–Crippen LogP) is 4.37. The third kappa shape index (κ3) is 4.53. The van der Waals surface area contributed by atoms with Crippen LogP contribution >= 0.6 is 36.9 Å². The maximum atomic E-state index is 5.63. The van der Waals surface area contributed by atoms with Crippen LogP contribution in [-0.2, 0) is 13.4 Å². The first-order chi connectivity index (χ1) is 5.47. The van der Waals surface area contributed by atoms with Crippen molar-refractivity contribution in [3.8, 4) is 5.75 Å². The summed E-state index contributed by atoms with van der Waals surface area (Å²) >= 11 is 7.64. The summed E-state index contributed by atoms with van der Waals surface area (Å²) in [5, 5.41) is 0. The van der Waals surface area contributed by atoms with Gasteiger partial charge in [0.2, 0.25) is 0 Å². The van der Waals surface area contributed by atoms with E-state index in [9.17, 15) is 0 Å². The summed E-state index contributed by atoms with van der Waals surface area (Å²) in [7, 11) is 0. The van der Waals surface area contributed by atoms with Crippen LogP contribution < -0.4 is 2.85 Å². The van der Waals surface area contributed by atoms with Crippen molar-refractivity contribution < 1.29 is 16.3 Å². The van der Waals surface area contributed by atoms with E-state index in [4.69, 9.17) is 2.85 Å². The number of hydrogen-bond acceptors (Lipinski definition) is 1. The molecule has 12 heavy (non-hydrogen) atoms. The molecule has 1 rings (SSSR count). The molecule has 0 aromatic heterocycles. The number of benzene rings is 1. The van der Waals surface area contributed by atoms with Gasteiger partial charge in [-0.2, -0.15) is 0 Å². The molecule has 0 fully saturated rings. The summed E-state index contributed by atoms with van der Waals surface area (Å²) < 4.78 is 5.63. The quantitative estimate of drug-likeness (QED) is 0.522. The molecule has 0 amide bonds. The third-order valence-corrected chi connectivity index (χ3v) is 6.91. The number of halogens is 3. The van der Waals surface area contributed by atoms with Crippen molar-refractivity contribution in [2.45, 2.75) is 6.92 Å². The zero-order valence-corrected chi connectivity index (χ0v) is 14.7. The predicted molar refractivity (Wildman–Crippen MR) is 58.6 cm³/mol. The van der Waals surface area contributed by atoms with Crippen molar-refractivity contribution in [3.05, 3.63) is 29.8 Å². The molecule has 1 nitrogen and oxygen atoms in total. The Hall–Kier alpha value is 1.33. The summed E-state index contributed by atoms with van der Waals surface area (Å²) in [6.07, 6.45) is 0. The third-order valence-electron chi connectivity index (χ3n) is 1.25. The van der Waals surface area contributed by atoms with E-state index < -0.39 is 13.4 Å². The normalized spacial score (nSPS) is 11.3. The van der Waals surface area contributed by atoms with Gasteiger partial charge in [0.15, 0.2) is 0 Å². The molecule has 0 radical (unpaired) electrons. The second-order valence-corrected chi connectivity index (χ2v) is 59.9. The van der Waals surface area contributed by atoms with Crippen molar-refractivity contribution in [2.24, 2.45) is 0 Å². The van der Waals surface area contributed by atoms with Crippen LogP contribution in [0.15, 0.2) is 24.3 Å². The molecular formula is C7H7Br3HfO. The van der Waals surface area contributed by atoms with Crippen LogP contribution in [0.3, 0.4) is 0 Å². The first-order valence-electron chi connectivity index (χ1n) is 3.30. The molecule has 0 aliphatic heterocycles. The van der Waals surface area contributed by atoms with Crippen LogP contribution in [0.25, 0.3) is 0 Å². The minimum atomic E-state index is -2.77. The topological polar surface area (TPSA) is 9.23 Å². The van der Waals surface area contributed by atoms with Gasteiger partial charge in [-0.3, -0.25) is 0 Å². The molecular weight excluding hydrogens is 518 g/mol. The maximum absolute atomic E-state index is 5.63. The van der Waals surface area contributed by atoms with Gasteiger partial charge >= 0.3 is 95.7 Å². The summed E-state index contributed by atoms with van der Waals surface area (Å²) in [5.74, 6) is 0.896. The molecule has 0 aliphatic rings. The Morgan fingerprint density at radius 2 is 1.58 bits per heavy atom. The molecule has 0 saturated heterocycles. The standard InChI is InChI=1S/C7H8O.3BrH.Hf/c1-6-2-4-7(8)5-3-6;;;;/h2-5,8H,1H3;3*1H;/q;;;;+4/p-4. The van der Waals surface area contributed by atoms with E-state index >= 15 is 0 Å². The number of aryl methyl sites for hydroxylation is 1. The summed E-state index contributed by atoms with van der Waals surface area (Å²) in [4.78, 5) is 0. The van der Waals surface area contributed by atoms with Crippen molar-refractivity contribution in [2.75, 3.05) is 0 Å². The van der Waals surface area contributed by atoms with Crippen LogP contribution in [0.5, 0.6) is 5.75 Å². The minimum absolute atomic E-state index is 0.896.